The largest absolute Gasteiger partial charge is 0.371 e. The van der Waals surface area contributed by atoms with E-state index >= 15 is 0 Å². The third kappa shape index (κ3) is 3.48. The second-order valence-electron chi connectivity index (χ2n) is 5.13. The maximum Gasteiger partial charge on any atom is 0.0952 e. The molecule has 2 nitrogen and oxygen atoms in total. The Hall–Kier alpha value is -1.16. The van der Waals surface area contributed by atoms with Gasteiger partial charge in [0.1, 0.15) is 0 Å². The highest BCUT2D eigenvalue weighted by Gasteiger charge is 2.21. The van der Waals surface area contributed by atoms with Gasteiger partial charge < -0.3 is 4.74 Å². The summed E-state index contributed by atoms with van der Waals surface area (Å²) in [6, 6.07) is 19.1. The lowest BCUT2D eigenvalue weighted by Gasteiger charge is -2.33. The van der Waals surface area contributed by atoms with Crippen LogP contribution in [0.1, 0.15) is 17.2 Å². The number of morpholine rings is 1. The molecule has 2 aromatic carbocycles. The van der Waals surface area contributed by atoms with Crippen LogP contribution in [0.5, 0.6) is 0 Å². The molecule has 0 unspecified atom stereocenters. The van der Waals surface area contributed by atoms with Gasteiger partial charge in [0.15, 0.2) is 0 Å². The fourth-order valence-electron chi connectivity index (χ4n) is 2.57. The molecule has 0 amide bonds. The molecular formula is C17H18BrNO. The van der Waals surface area contributed by atoms with Crippen molar-refractivity contribution >= 4 is 15.9 Å². The Balaban J connectivity index is 1.66. The van der Waals surface area contributed by atoms with E-state index in [1.54, 1.807) is 0 Å². The molecule has 2 aromatic rings. The van der Waals surface area contributed by atoms with Gasteiger partial charge in [0, 0.05) is 24.1 Å². The summed E-state index contributed by atoms with van der Waals surface area (Å²) in [4.78, 5) is 2.46. The Morgan fingerprint density at radius 3 is 2.55 bits per heavy atom. The van der Waals surface area contributed by atoms with Crippen LogP contribution in [0.3, 0.4) is 0 Å². The Labute approximate surface area is 128 Å². The van der Waals surface area contributed by atoms with Gasteiger partial charge in [-0.2, -0.15) is 0 Å². The summed E-state index contributed by atoms with van der Waals surface area (Å²) >= 11 is 3.47. The van der Waals surface area contributed by atoms with Crippen LogP contribution in [-0.2, 0) is 11.3 Å². The smallest absolute Gasteiger partial charge is 0.0952 e. The third-order valence-electron chi connectivity index (χ3n) is 3.64. The number of benzene rings is 2. The Morgan fingerprint density at radius 2 is 1.80 bits per heavy atom. The van der Waals surface area contributed by atoms with Gasteiger partial charge >= 0.3 is 0 Å². The first kappa shape index (κ1) is 13.8. The van der Waals surface area contributed by atoms with E-state index in [0.717, 1.165) is 30.7 Å². The van der Waals surface area contributed by atoms with Gasteiger partial charge in [0.05, 0.1) is 12.7 Å². The lowest BCUT2D eigenvalue weighted by Crippen LogP contribution is -2.37. The van der Waals surface area contributed by atoms with E-state index in [1.165, 1.54) is 11.1 Å². The molecule has 0 saturated carbocycles. The second kappa shape index (κ2) is 6.53. The molecule has 3 heteroatoms. The van der Waals surface area contributed by atoms with Crippen molar-refractivity contribution in [3.05, 3.63) is 70.2 Å². The highest BCUT2D eigenvalue weighted by Crippen LogP contribution is 2.24. The number of nitrogens with zero attached hydrogens (tertiary/aromatic N) is 1. The molecule has 0 aromatic heterocycles. The third-order valence-corrected chi connectivity index (χ3v) is 4.17. The molecule has 20 heavy (non-hydrogen) atoms. The minimum Gasteiger partial charge on any atom is -0.371 e. The van der Waals surface area contributed by atoms with Crippen LogP contribution in [-0.4, -0.2) is 24.6 Å². The molecule has 0 radical (unpaired) electrons. The maximum absolute atomic E-state index is 5.91. The Morgan fingerprint density at radius 1 is 1.05 bits per heavy atom. The predicted octanol–water partition coefficient (Wildman–Crippen LogP) is 4.02. The Bertz CT molecular complexity index is 541. The summed E-state index contributed by atoms with van der Waals surface area (Å²) in [7, 11) is 0. The highest BCUT2D eigenvalue weighted by molar-refractivity contribution is 9.10. The van der Waals surface area contributed by atoms with Crippen molar-refractivity contribution in [1.29, 1.82) is 0 Å². The first-order valence-electron chi connectivity index (χ1n) is 6.94. The van der Waals surface area contributed by atoms with Gasteiger partial charge in [-0.1, -0.05) is 58.4 Å². The highest BCUT2D eigenvalue weighted by atomic mass is 79.9. The van der Waals surface area contributed by atoms with Crippen LogP contribution >= 0.6 is 15.9 Å². The lowest BCUT2D eigenvalue weighted by molar-refractivity contribution is -0.0329. The fraction of sp³-hybridized carbons (Fsp3) is 0.294. The van der Waals surface area contributed by atoms with Crippen LogP contribution in [0.25, 0.3) is 0 Å². The number of halogens is 1. The minimum absolute atomic E-state index is 0.181. The second-order valence-corrected chi connectivity index (χ2v) is 6.05. The number of ether oxygens (including phenoxy) is 1. The number of hydrogen-bond acceptors (Lipinski definition) is 2. The van der Waals surface area contributed by atoms with Crippen molar-refractivity contribution in [2.24, 2.45) is 0 Å². The standard InChI is InChI=1S/C17H18BrNO/c18-16-8-6-15(7-9-16)17-13-19(10-11-20-17)12-14-4-2-1-3-5-14/h1-9,17H,10-13H2/t17-/m0/s1. The zero-order valence-corrected chi connectivity index (χ0v) is 12.9. The summed E-state index contributed by atoms with van der Waals surface area (Å²) in [5, 5.41) is 0. The predicted molar refractivity (Wildman–Crippen MR) is 84.6 cm³/mol. The molecule has 1 fully saturated rings. The van der Waals surface area contributed by atoms with Crippen LogP contribution < -0.4 is 0 Å². The molecule has 1 aliphatic heterocycles. The van der Waals surface area contributed by atoms with E-state index in [9.17, 15) is 0 Å². The van der Waals surface area contributed by atoms with E-state index in [0.29, 0.717) is 0 Å². The molecular weight excluding hydrogens is 314 g/mol. The summed E-state index contributed by atoms with van der Waals surface area (Å²) in [5.41, 5.74) is 2.62. The molecule has 1 aliphatic rings. The van der Waals surface area contributed by atoms with Crippen LogP contribution in [0, 0.1) is 0 Å². The summed E-state index contributed by atoms with van der Waals surface area (Å²) in [5.74, 6) is 0. The lowest BCUT2D eigenvalue weighted by atomic mass is 10.1. The van der Waals surface area contributed by atoms with E-state index in [4.69, 9.17) is 4.74 Å². The van der Waals surface area contributed by atoms with Gasteiger partial charge in [-0.25, -0.2) is 0 Å². The van der Waals surface area contributed by atoms with Crippen molar-refractivity contribution in [2.75, 3.05) is 19.7 Å². The van der Waals surface area contributed by atoms with Gasteiger partial charge in [-0.05, 0) is 23.3 Å². The van der Waals surface area contributed by atoms with Gasteiger partial charge in [0.25, 0.3) is 0 Å². The van der Waals surface area contributed by atoms with Gasteiger partial charge in [-0.3, -0.25) is 4.90 Å². The van der Waals surface area contributed by atoms with Gasteiger partial charge in [-0.15, -0.1) is 0 Å². The molecule has 1 atom stereocenters. The van der Waals surface area contributed by atoms with Crippen LogP contribution in [0.2, 0.25) is 0 Å². The maximum atomic E-state index is 5.91. The van der Waals surface area contributed by atoms with Crippen molar-refractivity contribution in [3.63, 3.8) is 0 Å². The van der Waals surface area contributed by atoms with E-state index < -0.39 is 0 Å². The molecule has 0 spiro atoms. The average molecular weight is 332 g/mol. The van der Waals surface area contributed by atoms with Crippen LogP contribution in [0.4, 0.5) is 0 Å². The first-order chi connectivity index (χ1) is 9.81. The number of hydrogen-bond donors (Lipinski definition) is 0. The topological polar surface area (TPSA) is 12.5 Å². The van der Waals surface area contributed by atoms with Crippen molar-refractivity contribution in [1.82, 2.24) is 4.90 Å². The van der Waals surface area contributed by atoms with E-state index in [1.807, 2.05) is 0 Å². The molecule has 104 valence electrons. The van der Waals surface area contributed by atoms with E-state index in [-0.39, 0.29) is 6.10 Å². The molecule has 0 bridgehead atoms. The Kier molecular flexibility index (Phi) is 4.51. The average Bonchev–Trinajstić information content (AvgIpc) is 2.49. The molecule has 3 rings (SSSR count). The summed E-state index contributed by atoms with van der Waals surface area (Å²) in [6.07, 6.45) is 0.181. The quantitative estimate of drug-likeness (QED) is 0.842. The molecule has 0 N–H and O–H groups in total. The first-order valence-corrected chi connectivity index (χ1v) is 7.74. The number of rotatable bonds is 3. The van der Waals surface area contributed by atoms with E-state index in [2.05, 4.69) is 75.4 Å². The molecule has 0 aliphatic carbocycles. The molecule has 1 heterocycles. The monoisotopic (exact) mass is 331 g/mol. The molecule has 1 saturated heterocycles. The summed E-state index contributed by atoms with van der Waals surface area (Å²) < 4.78 is 7.02. The SMILES string of the molecule is Brc1ccc([C@@H]2CN(Cc3ccccc3)CCO2)cc1. The van der Waals surface area contributed by atoms with Crippen molar-refractivity contribution in [2.45, 2.75) is 12.6 Å². The zero-order valence-electron chi connectivity index (χ0n) is 11.3. The zero-order chi connectivity index (χ0) is 13.8. The van der Waals surface area contributed by atoms with Gasteiger partial charge in [0.2, 0.25) is 0 Å². The van der Waals surface area contributed by atoms with Crippen LogP contribution in [0.15, 0.2) is 59.1 Å². The minimum atomic E-state index is 0.181. The summed E-state index contributed by atoms with van der Waals surface area (Å²) in [6.45, 7) is 3.75. The van der Waals surface area contributed by atoms with Crippen molar-refractivity contribution in [3.8, 4) is 0 Å². The fourth-order valence-corrected chi connectivity index (χ4v) is 2.83. The normalized spacial score (nSPS) is 19.9. The van der Waals surface area contributed by atoms with Crippen molar-refractivity contribution < 1.29 is 4.74 Å².